The quantitative estimate of drug-likeness (QED) is 0.166. The highest BCUT2D eigenvalue weighted by Crippen LogP contribution is 2.39. The fourth-order valence-corrected chi connectivity index (χ4v) is 8.37. The standard InChI is InChI=1S/C35H60N2O12/c1-5-22-14-18(2)15-23(31(22)49-35-30(43)29(42)27(40)19(3)45-35)47-34-26(36-20(4)39)32(28(41)25(17-38)48-34)46-24(33(44)37-12-9-13-37)16-21-10-7-6-8-11-21/h18-19,21-32,34-35,38,40-43H,5-17H2,1-4H3,(H,36,39)/t18?,19?,22-,23-,24+,25?,26?,27-,28+,29?,30+,31+,32?,34-,35+/m1/s1. The molecule has 0 aromatic heterocycles. The summed E-state index contributed by atoms with van der Waals surface area (Å²) in [6, 6.07) is -1.04. The number of carbonyl (C=O) groups excluding carboxylic acids is 2. The normalized spacial score (nSPS) is 42.7. The maximum absolute atomic E-state index is 13.7. The lowest BCUT2D eigenvalue weighted by molar-refractivity contribution is -0.338. The van der Waals surface area contributed by atoms with Gasteiger partial charge in [-0.15, -0.1) is 0 Å². The van der Waals surface area contributed by atoms with Crippen molar-refractivity contribution in [2.24, 2.45) is 17.8 Å². The summed E-state index contributed by atoms with van der Waals surface area (Å²) in [6.07, 6.45) is -4.45. The average molecular weight is 701 g/mol. The number of nitrogens with one attached hydrogen (secondary N) is 1. The molecule has 0 spiro atoms. The van der Waals surface area contributed by atoms with Gasteiger partial charge in [-0.3, -0.25) is 9.59 Å². The van der Waals surface area contributed by atoms with E-state index in [1.807, 2.05) is 6.92 Å². The number of likely N-dealkylation sites (tertiary alicyclic amines) is 1. The highest BCUT2D eigenvalue weighted by atomic mass is 16.7. The van der Waals surface area contributed by atoms with Crippen LogP contribution in [0.2, 0.25) is 0 Å². The maximum atomic E-state index is 13.7. The number of rotatable bonds is 12. The molecule has 0 aromatic rings. The third-order valence-electron chi connectivity index (χ3n) is 11.4. The number of ether oxygens (including phenoxy) is 5. The van der Waals surface area contributed by atoms with Gasteiger partial charge in [0.15, 0.2) is 12.6 Å². The molecule has 6 N–H and O–H groups in total. The van der Waals surface area contributed by atoms with Gasteiger partial charge in [0.2, 0.25) is 5.91 Å². The molecule has 6 unspecified atom stereocenters. The molecular formula is C35H60N2O12. The minimum absolute atomic E-state index is 0.0352. The zero-order valence-corrected chi connectivity index (χ0v) is 29.5. The number of carbonyl (C=O) groups is 2. The lowest BCUT2D eigenvalue weighted by Crippen LogP contribution is -2.67. The van der Waals surface area contributed by atoms with Crippen LogP contribution in [-0.2, 0) is 33.3 Å². The van der Waals surface area contributed by atoms with Crippen LogP contribution in [0.3, 0.4) is 0 Å². The summed E-state index contributed by atoms with van der Waals surface area (Å²) >= 11 is 0. The third kappa shape index (κ3) is 9.13. The predicted octanol–water partition coefficient (Wildman–Crippen LogP) is 0.580. The van der Waals surface area contributed by atoms with E-state index in [2.05, 4.69) is 12.2 Å². The minimum atomic E-state index is -1.50. The zero-order chi connectivity index (χ0) is 35.4. The first kappa shape index (κ1) is 38.8. The number of aliphatic hydroxyl groups excluding tert-OH is 5. The third-order valence-corrected chi connectivity index (χ3v) is 11.4. The van der Waals surface area contributed by atoms with Crippen molar-refractivity contribution in [3.05, 3.63) is 0 Å². The number of nitrogens with zero attached hydrogens (tertiary/aromatic N) is 1. The highest BCUT2D eigenvalue weighted by molar-refractivity contribution is 5.81. The second-order valence-electron chi connectivity index (χ2n) is 15.2. The van der Waals surface area contributed by atoms with Crippen LogP contribution < -0.4 is 5.32 Å². The fourth-order valence-electron chi connectivity index (χ4n) is 8.37. The van der Waals surface area contributed by atoms with Crippen molar-refractivity contribution in [1.29, 1.82) is 0 Å². The Hall–Kier alpha value is -1.46. The summed E-state index contributed by atoms with van der Waals surface area (Å²) in [6.45, 7) is 7.79. The Morgan fingerprint density at radius 2 is 1.59 bits per heavy atom. The molecule has 0 bridgehead atoms. The Labute approximate surface area is 289 Å². The van der Waals surface area contributed by atoms with E-state index in [0.29, 0.717) is 38.3 Å². The van der Waals surface area contributed by atoms with Gasteiger partial charge in [0, 0.05) is 20.0 Å². The molecular weight excluding hydrogens is 640 g/mol. The molecule has 49 heavy (non-hydrogen) atoms. The number of aliphatic hydroxyl groups is 5. The Morgan fingerprint density at radius 1 is 0.878 bits per heavy atom. The van der Waals surface area contributed by atoms with Crippen molar-refractivity contribution in [3.63, 3.8) is 0 Å². The Kier molecular flexibility index (Phi) is 13.7. The Bertz CT molecular complexity index is 1080. The van der Waals surface area contributed by atoms with Gasteiger partial charge in [0.1, 0.15) is 48.8 Å². The molecule has 3 aliphatic heterocycles. The number of hydrogen-bond donors (Lipinski definition) is 6. The van der Waals surface area contributed by atoms with E-state index in [0.717, 1.165) is 38.5 Å². The SMILES string of the molecule is CC[C@@H]1CC(C)C[C@@H](O[C@@H]2OC(CO)[C@H](O)C(O[C@@H](CC3CCCCC3)C(=O)N3CCC3)C2NC(C)=O)[C@H]1O[C@@H]1OC(C)[C@@H](O)C(O)[C@@H]1O. The van der Waals surface area contributed by atoms with E-state index >= 15 is 0 Å². The van der Waals surface area contributed by atoms with Crippen LogP contribution in [0, 0.1) is 17.8 Å². The minimum Gasteiger partial charge on any atom is -0.394 e. The molecule has 2 aliphatic carbocycles. The highest BCUT2D eigenvalue weighted by Gasteiger charge is 2.52. The number of amides is 2. The topological polar surface area (TPSA) is 197 Å². The molecule has 5 fully saturated rings. The summed E-state index contributed by atoms with van der Waals surface area (Å²) in [7, 11) is 0. The second kappa shape index (κ2) is 17.4. The molecule has 2 amide bonds. The smallest absolute Gasteiger partial charge is 0.251 e. The first-order chi connectivity index (χ1) is 23.4. The van der Waals surface area contributed by atoms with Gasteiger partial charge >= 0.3 is 0 Å². The van der Waals surface area contributed by atoms with Crippen LogP contribution in [0.4, 0.5) is 0 Å². The van der Waals surface area contributed by atoms with Crippen LogP contribution in [-0.4, -0.2) is 142 Å². The van der Waals surface area contributed by atoms with Gasteiger partial charge in [-0.1, -0.05) is 52.4 Å². The zero-order valence-electron chi connectivity index (χ0n) is 29.5. The molecule has 14 heteroatoms. The number of hydrogen-bond acceptors (Lipinski definition) is 12. The summed E-state index contributed by atoms with van der Waals surface area (Å²) in [5, 5.41) is 56.2. The van der Waals surface area contributed by atoms with Crippen LogP contribution in [0.15, 0.2) is 0 Å². The van der Waals surface area contributed by atoms with Gasteiger partial charge in [0.25, 0.3) is 5.91 Å². The monoisotopic (exact) mass is 700 g/mol. The second-order valence-corrected chi connectivity index (χ2v) is 15.2. The molecule has 0 aromatic carbocycles. The van der Waals surface area contributed by atoms with Gasteiger partial charge in [0.05, 0.1) is 24.9 Å². The Balaban J connectivity index is 1.41. The predicted molar refractivity (Wildman–Crippen MR) is 175 cm³/mol. The van der Waals surface area contributed by atoms with Gasteiger partial charge in [-0.25, -0.2) is 0 Å². The Morgan fingerprint density at radius 3 is 2.20 bits per heavy atom. The van der Waals surface area contributed by atoms with E-state index < -0.39 is 92.2 Å². The molecule has 14 nitrogen and oxygen atoms in total. The first-order valence-corrected chi connectivity index (χ1v) is 18.6. The van der Waals surface area contributed by atoms with Crippen LogP contribution in [0.25, 0.3) is 0 Å². The fraction of sp³-hybridized carbons (Fsp3) is 0.943. The maximum Gasteiger partial charge on any atom is 0.251 e. The van der Waals surface area contributed by atoms with Gasteiger partial charge in [-0.05, 0) is 50.4 Å². The van der Waals surface area contributed by atoms with Crippen molar-refractivity contribution < 1.29 is 58.8 Å². The van der Waals surface area contributed by atoms with E-state index in [9.17, 15) is 35.1 Å². The summed E-state index contributed by atoms with van der Waals surface area (Å²) in [4.78, 5) is 28.1. The molecule has 282 valence electrons. The molecule has 2 saturated carbocycles. The van der Waals surface area contributed by atoms with Crippen molar-refractivity contribution in [1.82, 2.24) is 10.2 Å². The summed E-state index contributed by atoms with van der Waals surface area (Å²) in [5.41, 5.74) is 0. The van der Waals surface area contributed by atoms with E-state index in [-0.39, 0.29) is 17.7 Å². The van der Waals surface area contributed by atoms with Crippen molar-refractivity contribution >= 4 is 11.8 Å². The lowest BCUT2D eigenvalue weighted by atomic mass is 9.77. The van der Waals surface area contributed by atoms with Gasteiger partial charge < -0.3 is 59.4 Å². The average Bonchev–Trinajstić information content (AvgIpc) is 3.05. The molecule has 5 aliphatic rings. The van der Waals surface area contributed by atoms with Crippen molar-refractivity contribution in [2.45, 2.75) is 172 Å². The molecule has 15 atom stereocenters. The van der Waals surface area contributed by atoms with Crippen molar-refractivity contribution in [2.75, 3.05) is 19.7 Å². The summed E-state index contributed by atoms with van der Waals surface area (Å²) < 4.78 is 31.6. The molecule has 5 rings (SSSR count). The first-order valence-electron chi connectivity index (χ1n) is 18.6. The largest absolute Gasteiger partial charge is 0.394 e. The van der Waals surface area contributed by atoms with E-state index in [4.69, 9.17) is 23.7 Å². The summed E-state index contributed by atoms with van der Waals surface area (Å²) in [5.74, 6) is -0.0792. The lowest BCUT2D eigenvalue weighted by Gasteiger charge is -2.49. The van der Waals surface area contributed by atoms with E-state index in [1.165, 1.54) is 13.3 Å². The van der Waals surface area contributed by atoms with Crippen LogP contribution >= 0.6 is 0 Å². The van der Waals surface area contributed by atoms with Gasteiger partial charge in [-0.2, -0.15) is 0 Å². The molecule has 0 radical (unpaired) electrons. The van der Waals surface area contributed by atoms with Crippen molar-refractivity contribution in [3.8, 4) is 0 Å². The molecule has 3 heterocycles. The van der Waals surface area contributed by atoms with Crippen LogP contribution in [0.5, 0.6) is 0 Å². The van der Waals surface area contributed by atoms with Crippen LogP contribution in [0.1, 0.15) is 91.9 Å². The van der Waals surface area contributed by atoms with E-state index in [1.54, 1.807) is 11.8 Å². The molecule has 3 saturated heterocycles.